The van der Waals surface area contributed by atoms with Crippen LogP contribution in [0.2, 0.25) is 0 Å². The van der Waals surface area contributed by atoms with E-state index in [0.717, 1.165) is 42.9 Å². The second kappa shape index (κ2) is 6.10. The van der Waals surface area contributed by atoms with Crippen molar-refractivity contribution in [2.45, 2.75) is 30.9 Å². The van der Waals surface area contributed by atoms with Gasteiger partial charge in [0.1, 0.15) is 5.52 Å². The monoisotopic (exact) mass is 304 g/mol. The van der Waals surface area contributed by atoms with Crippen LogP contribution in [0.25, 0.3) is 11.1 Å². The average molecular weight is 304 g/mol. The number of carbonyl (C=O) groups is 1. The predicted molar refractivity (Wildman–Crippen MR) is 85.5 cm³/mol. The van der Waals surface area contributed by atoms with Crippen LogP contribution in [0, 0.1) is 0 Å². The number of hydrogen-bond acceptors (Lipinski definition) is 4. The molecule has 0 N–H and O–H groups in total. The summed E-state index contributed by atoms with van der Waals surface area (Å²) in [6.45, 7) is 3.53. The molecule has 21 heavy (non-hydrogen) atoms. The first-order chi connectivity index (χ1) is 10.2. The minimum atomic E-state index is 0.0207. The molecule has 1 aromatic carbocycles. The molecule has 1 amide bonds. The third-order valence-corrected chi connectivity index (χ3v) is 5.00. The maximum atomic E-state index is 12.3. The Bertz CT molecular complexity index is 607. The first kappa shape index (κ1) is 14.4. The molecule has 0 unspecified atom stereocenters. The van der Waals surface area contributed by atoms with Gasteiger partial charge in [0.25, 0.3) is 0 Å². The van der Waals surface area contributed by atoms with Crippen LogP contribution >= 0.6 is 11.8 Å². The Balaban J connectivity index is 1.78. The number of benzene rings is 1. The SMILES string of the molecule is CS[C@H](C)C(=O)N1CCC[C@H](c2nc3ccccc3o2)C1. The molecule has 1 fully saturated rings. The molecule has 0 radical (unpaired) electrons. The second-order valence-electron chi connectivity index (χ2n) is 5.52. The second-order valence-corrected chi connectivity index (χ2v) is 6.70. The van der Waals surface area contributed by atoms with Crippen molar-refractivity contribution in [3.63, 3.8) is 0 Å². The molecule has 3 rings (SSSR count). The van der Waals surface area contributed by atoms with E-state index in [-0.39, 0.29) is 17.1 Å². The third kappa shape index (κ3) is 2.93. The van der Waals surface area contributed by atoms with Gasteiger partial charge in [0.2, 0.25) is 5.91 Å². The van der Waals surface area contributed by atoms with E-state index in [2.05, 4.69) is 4.98 Å². The summed E-state index contributed by atoms with van der Waals surface area (Å²) in [4.78, 5) is 18.9. The molecular weight excluding hydrogens is 284 g/mol. The molecule has 2 aromatic rings. The van der Waals surface area contributed by atoms with Crippen molar-refractivity contribution in [1.29, 1.82) is 0 Å². The van der Waals surface area contributed by atoms with Crippen LogP contribution in [0.5, 0.6) is 0 Å². The molecule has 4 nitrogen and oxygen atoms in total. The molecule has 1 aliphatic heterocycles. The molecule has 0 aliphatic carbocycles. The van der Waals surface area contributed by atoms with Crippen molar-refractivity contribution in [3.8, 4) is 0 Å². The number of nitrogens with zero attached hydrogens (tertiary/aromatic N) is 2. The van der Waals surface area contributed by atoms with Crippen LogP contribution in [-0.4, -0.2) is 40.4 Å². The van der Waals surface area contributed by atoms with E-state index in [9.17, 15) is 4.79 Å². The maximum Gasteiger partial charge on any atom is 0.235 e. The van der Waals surface area contributed by atoms with Crippen molar-refractivity contribution in [1.82, 2.24) is 9.88 Å². The summed E-state index contributed by atoms with van der Waals surface area (Å²) in [6.07, 6.45) is 4.02. The number of rotatable bonds is 3. The predicted octanol–water partition coefficient (Wildman–Crippen LogP) is 3.29. The lowest BCUT2D eigenvalue weighted by molar-refractivity contribution is -0.131. The highest BCUT2D eigenvalue weighted by molar-refractivity contribution is 7.99. The van der Waals surface area contributed by atoms with Gasteiger partial charge in [-0.2, -0.15) is 11.8 Å². The van der Waals surface area contributed by atoms with Gasteiger partial charge in [-0.3, -0.25) is 4.79 Å². The Labute approximate surface area is 128 Å². The van der Waals surface area contributed by atoms with E-state index < -0.39 is 0 Å². The number of carbonyl (C=O) groups excluding carboxylic acids is 1. The summed E-state index contributed by atoms with van der Waals surface area (Å²) in [6, 6.07) is 7.82. The lowest BCUT2D eigenvalue weighted by Gasteiger charge is -2.32. The molecule has 1 saturated heterocycles. The van der Waals surface area contributed by atoms with E-state index in [1.807, 2.05) is 42.3 Å². The highest BCUT2D eigenvalue weighted by Gasteiger charge is 2.29. The van der Waals surface area contributed by atoms with E-state index in [0.29, 0.717) is 0 Å². The number of thioether (sulfide) groups is 1. The van der Waals surface area contributed by atoms with Gasteiger partial charge in [-0.25, -0.2) is 4.98 Å². The fourth-order valence-corrected chi connectivity index (χ4v) is 3.15. The van der Waals surface area contributed by atoms with E-state index in [1.165, 1.54) is 0 Å². The summed E-state index contributed by atoms with van der Waals surface area (Å²) in [7, 11) is 0. The zero-order valence-electron chi connectivity index (χ0n) is 12.4. The van der Waals surface area contributed by atoms with Gasteiger partial charge in [-0.15, -0.1) is 0 Å². The normalized spacial score (nSPS) is 20.7. The topological polar surface area (TPSA) is 46.3 Å². The number of aromatic nitrogens is 1. The summed E-state index contributed by atoms with van der Waals surface area (Å²) in [5.41, 5.74) is 1.72. The molecule has 0 bridgehead atoms. The number of oxazole rings is 1. The van der Waals surface area contributed by atoms with Gasteiger partial charge in [0.05, 0.1) is 11.2 Å². The number of amides is 1. The summed E-state index contributed by atoms with van der Waals surface area (Å²) in [5, 5.41) is 0.0207. The molecule has 0 saturated carbocycles. The van der Waals surface area contributed by atoms with Gasteiger partial charge in [-0.05, 0) is 38.2 Å². The highest BCUT2D eigenvalue weighted by atomic mass is 32.2. The number of piperidine rings is 1. The van der Waals surface area contributed by atoms with Crippen LogP contribution in [0.3, 0.4) is 0 Å². The Morgan fingerprint density at radius 2 is 2.29 bits per heavy atom. The van der Waals surface area contributed by atoms with Gasteiger partial charge >= 0.3 is 0 Å². The van der Waals surface area contributed by atoms with Gasteiger partial charge < -0.3 is 9.32 Å². The molecule has 2 heterocycles. The quantitative estimate of drug-likeness (QED) is 0.873. The maximum absolute atomic E-state index is 12.3. The molecule has 1 aliphatic rings. The molecular formula is C16H20N2O2S. The van der Waals surface area contributed by atoms with Gasteiger partial charge in [-0.1, -0.05) is 12.1 Å². The number of para-hydroxylation sites is 2. The number of fused-ring (bicyclic) bond motifs is 1. The summed E-state index contributed by atoms with van der Waals surface area (Å²) >= 11 is 1.60. The number of likely N-dealkylation sites (tertiary alicyclic amines) is 1. The first-order valence-electron chi connectivity index (χ1n) is 7.36. The van der Waals surface area contributed by atoms with E-state index >= 15 is 0 Å². The van der Waals surface area contributed by atoms with Crippen LogP contribution in [0.15, 0.2) is 28.7 Å². The fraction of sp³-hybridized carbons (Fsp3) is 0.500. The van der Waals surface area contributed by atoms with E-state index in [4.69, 9.17) is 4.42 Å². The lowest BCUT2D eigenvalue weighted by atomic mass is 9.98. The largest absolute Gasteiger partial charge is 0.440 e. The van der Waals surface area contributed by atoms with Gasteiger partial charge in [0.15, 0.2) is 11.5 Å². The molecule has 112 valence electrons. The zero-order chi connectivity index (χ0) is 14.8. The smallest absolute Gasteiger partial charge is 0.235 e. The lowest BCUT2D eigenvalue weighted by Crippen LogP contribution is -2.42. The van der Waals surface area contributed by atoms with Crippen molar-refractivity contribution in [2.24, 2.45) is 0 Å². The minimum Gasteiger partial charge on any atom is -0.440 e. The van der Waals surface area contributed by atoms with Crippen LogP contribution in [0.1, 0.15) is 31.6 Å². The third-order valence-electron chi connectivity index (χ3n) is 4.09. The van der Waals surface area contributed by atoms with E-state index in [1.54, 1.807) is 11.8 Å². The zero-order valence-corrected chi connectivity index (χ0v) is 13.2. The summed E-state index contributed by atoms with van der Waals surface area (Å²) < 4.78 is 5.87. The molecule has 5 heteroatoms. The molecule has 1 aromatic heterocycles. The van der Waals surface area contributed by atoms with Crippen molar-refractivity contribution >= 4 is 28.8 Å². The average Bonchev–Trinajstić information content (AvgIpc) is 2.97. The Hall–Kier alpha value is -1.49. The van der Waals surface area contributed by atoms with Gasteiger partial charge in [0, 0.05) is 13.1 Å². The van der Waals surface area contributed by atoms with Crippen molar-refractivity contribution in [3.05, 3.63) is 30.2 Å². The van der Waals surface area contributed by atoms with Crippen molar-refractivity contribution in [2.75, 3.05) is 19.3 Å². The van der Waals surface area contributed by atoms with Crippen molar-refractivity contribution < 1.29 is 9.21 Å². The van der Waals surface area contributed by atoms with Crippen LogP contribution < -0.4 is 0 Å². The number of hydrogen-bond donors (Lipinski definition) is 0. The van der Waals surface area contributed by atoms with Crippen LogP contribution in [0.4, 0.5) is 0 Å². The highest BCUT2D eigenvalue weighted by Crippen LogP contribution is 2.29. The minimum absolute atomic E-state index is 0.0207. The van der Waals surface area contributed by atoms with Crippen LogP contribution in [-0.2, 0) is 4.79 Å². The molecule has 0 spiro atoms. The fourth-order valence-electron chi connectivity index (χ4n) is 2.80. The molecule has 2 atom stereocenters. The standard InChI is InChI=1S/C16H20N2O2S/c1-11(21-2)16(19)18-9-5-6-12(10-18)15-17-13-7-3-4-8-14(13)20-15/h3-4,7-8,11-12H,5-6,9-10H2,1-2H3/t11-,12+/m1/s1. The Morgan fingerprint density at radius 1 is 1.48 bits per heavy atom. The first-order valence-corrected chi connectivity index (χ1v) is 8.65. The summed E-state index contributed by atoms with van der Waals surface area (Å²) in [5.74, 6) is 1.21. The Morgan fingerprint density at radius 3 is 3.05 bits per heavy atom. The Kier molecular flexibility index (Phi) is 4.19.